The van der Waals surface area contributed by atoms with Crippen LogP contribution in [0.4, 0.5) is 26.1 Å². The zero-order chi connectivity index (χ0) is 63.7. The summed E-state index contributed by atoms with van der Waals surface area (Å²) < 4.78 is 43.3. The lowest BCUT2D eigenvalue weighted by molar-refractivity contribution is -0.139. The number of likely N-dealkylation sites (N-methyl/N-ethyl adjacent to an activating group) is 1. The third-order valence-corrected chi connectivity index (χ3v) is 21.2. The van der Waals surface area contributed by atoms with Crippen LogP contribution in [0.3, 0.4) is 0 Å². The number of ketones is 1. The van der Waals surface area contributed by atoms with E-state index in [-0.39, 0.29) is 65.6 Å². The molecule has 5 atom stereocenters. The number of likely N-dealkylation sites (tertiary alicyclic amines) is 4. The molecule has 0 unspecified atom stereocenters. The van der Waals surface area contributed by atoms with Gasteiger partial charge < -0.3 is 60.6 Å². The molecule has 21 nitrogen and oxygen atoms in total. The summed E-state index contributed by atoms with van der Waals surface area (Å²) in [5, 5.41) is 18.1. The minimum absolute atomic E-state index is 0.0250. The molecule has 494 valence electrons. The van der Waals surface area contributed by atoms with Crippen molar-refractivity contribution in [2.45, 2.75) is 128 Å². The lowest BCUT2D eigenvalue weighted by atomic mass is 9.82. The number of carbonyl (C=O) groups excluding carboxylic acids is 5. The largest absolute Gasteiger partial charge is 0.492 e. The Bertz CT molecular complexity index is 3150. The number of halogens is 2. The first-order valence-corrected chi connectivity index (χ1v) is 34.2. The molecule has 0 radical (unpaired) electrons. The van der Waals surface area contributed by atoms with Crippen LogP contribution in [-0.2, 0) is 30.5 Å². The van der Waals surface area contributed by atoms with E-state index in [1.807, 2.05) is 11.0 Å². The zero-order valence-electron chi connectivity index (χ0n) is 53.6. The Balaban J connectivity index is 0.540. The third-order valence-electron chi connectivity index (χ3n) is 20.3. The SMILES string of the molecule is CN[C@@H](C)C(=O)N[C@H](C(=O)N1CCC[C@H]1c1nc(C(=O)c2cccc(OCCNC(=O)CCN3C[C@H]4CN(CCOCCNc5cc(N6CCC7(CC6)CN(c6cc(F)c(CN8CCC(C)(C)CC8)cc6F)CC(=O)N7)ncn5)C[C@H]4C3)c2)cs1)C1CCCCC1. The van der Waals surface area contributed by atoms with E-state index in [0.29, 0.717) is 125 Å². The van der Waals surface area contributed by atoms with Crippen molar-refractivity contribution < 1.29 is 42.2 Å². The van der Waals surface area contributed by atoms with Crippen molar-refractivity contribution in [3.05, 3.63) is 87.6 Å². The maximum Gasteiger partial charge on any atom is 0.246 e. The van der Waals surface area contributed by atoms with Gasteiger partial charge in [0.2, 0.25) is 29.4 Å². The Morgan fingerprint density at radius 3 is 2.33 bits per heavy atom. The highest BCUT2D eigenvalue weighted by atomic mass is 32.1. The van der Waals surface area contributed by atoms with Gasteiger partial charge in [0.25, 0.3) is 0 Å². The minimum atomic E-state index is -0.593. The number of anilines is 3. The van der Waals surface area contributed by atoms with Gasteiger partial charge in [-0.2, -0.15) is 0 Å². The van der Waals surface area contributed by atoms with E-state index < -0.39 is 29.3 Å². The van der Waals surface area contributed by atoms with Crippen LogP contribution in [0, 0.1) is 34.8 Å². The normalized spacial score (nSPS) is 22.8. The summed E-state index contributed by atoms with van der Waals surface area (Å²) >= 11 is 1.39. The van der Waals surface area contributed by atoms with E-state index in [9.17, 15) is 24.0 Å². The number of thiazole rings is 1. The molecule has 1 spiro atoms. The average Bonchev–Trinajstić information content (AvgIpc) is 1.48. The number of aromatic nitrogens is 3. The van der Waals surface area contributed by atoms with Crippen LogP contribution in [0.2, 0.25) is 0 Å². The monoisotopic (exact) mass is 1280 g/mol. The molecule has 1 saturated carbocycles. The molecule has 4 amide bonds. The van der Waals surface area contributed by atoms with E-state index in [1.165, 1.54) is 23.5 Å². The highest BCUT2D eigenvalue weighted by Gasteiger charge is 2.44. The number of piperidine rings is 2. The van der Waals surface area contributed by atoms with Crippen molar-refractivity contribution >= 4 is 58.1 Å². The van der Waals surface area contributed by atoms with Gasteiger partial charge in [-0.1, -0.05) is 45.2 Å². The van der Waals surface area contributed by atoms with Crippen molar-refractivity contribution in [3.8, 4) is 5.75 Å². The fourth-order valence-corrected chi connectivity index (χ4v) is 15.6. The smallest absolute Gasteiger partial charge is 0.246 e. The molecule has 2 aromatic heterocycles. The van der Waals surface area contributed by atoms with Crippen molar-refractivity contribution in [1.82, 2.24) is 55.8 Å². The standard InChI is InChI=1S/C67H94F2N14O7S/c1-45(70-4)63(87)76-61(46-10-6-5-7-11-46)65(88)83-22-9-14-55(83)64-75-54(42-91-64)62(86)47-12-8-13-51(32-47)90-30-21-72-59(84)15-23-79-37-49-39-80(40-50(49)38-79)28-31-89-29-20-71-57-35-58(74-44-73-57)81-26-18-67(19-27-81)43-82(41-60(85)77-67)56-34-52(68)48(33-53(56)69)36-78-24-16-66(2,3)17-25-78/h8,12-13,32-35,42,44-46,49-50,55,61,70H,5-7,9-11,14-31,36-41,43H2,1-4H3,(H,72,84)(H,76,87)(H,77,85)(H,71,73,74)/t45-,49-,50+,55-,61-/m0/s1. The van der Waals surface area contributed by atoms with E-state index in [4.69, 9.17) is 14.5 Å². The number of hydrogen-bond donors (Lipinski definition) is 5. The Kier molecular flexibility index (Phi) is 21.8. The van der Waals surface area contributed by atoms with Crippen LogP contribution in [0.5, 0.6) is 5.75 Å². The fourth-order valence-electron chi connectivity index (χ4n) is 14.7. The molecule has 11 rings (SSSR count). The van der Waals surface area contributed by atoms with Crippen LogP contribution in [0.15, 0.2) is 54.2 Å². The summed E-state index contributed by atoms with van der Waals surface area (Å²) in [5.41, 5.74) is 0.930. The quantitative estimate of drug-likeness (QED) is 0.0346. The molecule has 2 aromatic carbocycles. The second kappa shape index (κ2) is 30.1. The number of piperazine rings is 1. The number of benzene rings is 2. The molecule has 1 aliphatic carbocycles. The number of rotatable bonds is 26. The molecule has 7 fully saturated rings. The number of ether oxygens (including phenoxy) is 2. The van der Waals surface area contributed by atoms with Crippen LogP contribution >= 0.6 is 11.3 Å². The first-order valence-electron chi connectivity index (χ1n) is 33.3. The Hall–Kier alpha value is -6.44. The first-order chi connectivity index (χ1) is 44.0. The molecular formula is C67H94F2N14O7S. The van der Waals surface area contributed by atoms with Gasteiger partial charge in [-0.05, 0) is 120 Å². The summed E-state index contributed by atoms with van der Waals surface area (Å²) in [6, 6.07) is 10.3. The van der Waals surface area contributed by atoms with Gasteiger partial charge in [0.1, 0.15) is 58.7 Å². The van der Waals surface area contributed by atoms with Crippen molar-refractivity contribution in [2.75, 3.05) is 140 Å². The number of fused-ring (bicyclic) bond motifs is 1. The summed E-state index contributed by atoms with van der Waals surface area (Å²) in [5.74, 6) is 1.58. The lowest BCUT2D eigenvalue weighted by Gasteiger charge is -2.48. The highest BCUT2D eigenvalue weighted by Crippen LogP contribution is 2.39. The van der Waals surface area contributed by atoms with E-state index in [0.717, 1.165) is 114 Å². The number of carbonyl (C=O) groups is 5. The van der Waals surface area contributed by atoms with Crippen LogP contribution in [-0.4, -0.2) is 207 Å². The molecule has 0 bridgehead atoms. The highest BCUT2D eigenvalue weighted by molar-refractivity contribution is 7.10. The third kappa shape index (κ3) is 16.9. The van der Waals surface area contributed by atoms with Crippen LogP contribution < -0.4 is 41.1 Å². The molecule has 6 aliphatic heterocycles. The molecular weight excluding hydrogens is 1180 g/mol. The molecule has 4 aromatic rings. The Morgan fingerprint density at radius 2 is 1.57 bits per heavy atom. The van der Waals surface area contributed by atoms with E-state index in [1.54, 1.807) is 54.8 Å². The predicted molar refractivity (Wildman–Crippen MR) is 346 cm³/mol. The molecule has 8 heterocycles. The summed E-state index contributed by atoms with van der Waals surface area (Å²) in [4.78, 5) is 93.7. The van der Waals surface area contributed by atoms with Gasteiger partial charge in [-0.25, -0.2) is 23.7 Å². The van der Waals surface area contributed by atoms with E-state index >= 15 is 8.78 Å². The molecule has 24 heteroatoms. The van der Waals surface area contributed by atoms with Gasteiger partial charge in [-0.15, -0.1) is 11.3 Å². The zero-order valence-corrected chi connectivity index (χ0v) is 54.4. The number of nitrogens with one attached hydrogen (secondary N) is 5. The van der Waals surface area contributed by atoms with Crippen molar-refractivity contribution in [3.63, 3.8) is 0 Å². The van der Waals surface area contributed by atoms with E-state index in [2.05, 4.69) is 70.0 Å². The summed E-state index contributed by atoms with van der Waals surface area (Å²) in [7, 11) is 1.74. The maximum absolute atomic E-state index is 15.7. The average molecular weight is 1280 g/mol. The molecule has 6 saturated heterocycles. The second-order valence-electron chi connectivity index (χ2n) is 27.3. The van der Waals surface area contributed by atoms with Crippen LogP contribution in [0.1, 0.15) is 130 Å². The molecule has 5 N–H and O–H groups in total. The topological polar surface area (TPSA) is 222 Å². The van der Waals surface area contributed by atoms with Crippen LogP contribution in [0.25, 0.3) is 0 Å². The molecule has 91 heavy (non-hydrogen) atoms. The second-order valence-corrected chi connectivity index (χ2v) is 28.2. The Morgan fingerprint density at radius 1 is 0.813 bits per heavy atom. The number of amides is 4. The van der Waals surface area contributed by atoms with Gasteiger partial charge in [0.05, 0.1) is 49.6 Å². The van der Waals surface area contributed by atoms with Gasteiger partial charge in [-0.3, -0.25) is 28.9 Å². The molecule has 7 aliphatic rings. The maximum atomic E-state index is 15.7. The van der Waals surface area contributed by atoms with Gasteiger partial charge in [0, 0.05) is 114 Å². The summed E-state index contributed by atoms with van der Waals surface area (Å²) in [6.07, 6.45) is 11.9. The first kappa shape index (κ1) is 66.0. The minimum Gasteiger partial charge on any atom is -0.492 e. The summed E-state index contributed by atoms with van der Waals surface area (Å²) in [6.45, 7) is 18.4. The predicted octanol–water partition coefficient (Wildman–Crippen LogP) is 6.25. The lowest BCUT2D eigenvalue weighted by Crippen LogP contribution is -2.66. The fraction of sp³-hybridized carbons (Fsp3) is 0.642. The number of nitrogens with zero attached hydrogens (tertiary/aromatic N) is 9. The van der Waals surface area contributed by atoms with Crippen molar-refractivity contribution in [2.24, 2.45) is 23.2 Å². The Labute approximate surface area is 538 Å². The number of hydrogen-bond acceptors (Lipinski definition) is 18. The van der Waals surface area contributed by atoms with Gasteiger partial charge in [0.15, 0.2) is 0 Å². The van der Waals surface area contributed by atoms with Gasteiger partial charge >= 0.3 is 0 Å². The van der Waals surface area contributed by atoms with Crippen molar-refractivity contribution in [1.29, 1.82) is 0 Å².